The van der Waals surface area contributed by atoms with Gasteiger partial charge >= 0.3 is 6.61 Å². The zero-order valence-electron chi connectivity index (χ0n) is 16.2. The van der Waals surface area contributed by atoms with Crippen LogP contribution in [-0.4, -0.2) is 30.2 Å². The topological polar surface area (TPSA) is 67.7 Å². The molecule has 0 fully saturated rings. The molecule has 2 aromatic rings. The molecule has 158 valence electrons. The van der Waals surface area contributed by atoms with Gasteiger partial charge < -0.3 is 19.9 Å². The first kappa shape index (κ1) is 22.7. The molecule has 0 unspecified atom stereocenters. The van der Waals surface area contributed by atoms with E-state index in [4.69, 9.17) is 11.6 Å². The third-order valence-corrected chi connectivity index (χ3v) is 4.24. The average Bonchev–Trinajstić information content (AvgIpc) is 2.68. The summed E-state index contributed by atoms with van der Waals surface area (Å²) in [5.74, 6) is 0.615. The molecule has 1 aromatic carbocycles. The van der Waals surface area contributed by atoms with Gasteiger partial charge in [-0.2, -0.15) is 8.78 Å². The van der Waals surface area contributed by atoms with Crippen molar-refractivity contribution in [1.82, 2.24) is 15.2 Å². The molecule has 2 N–H and O–H groups in total. The van der Waals surface area contributed by atoms with Crippen LogP contribution in [0.4, 0.5) is 8.78 Å². The standard InChI is InChI=1S/C20H25ClF2N4O2/c1-2-24-20(25-10-4-6-12-27-11-5-3-7-18(27)28)26-14-15-13-16(21)8-9-17(15)29-19(22)23/h3,5,7-9,11,13,19H,2,4,6,10,12,14H2,1H3,(H2,24,25,26). The van der Waals surface area contributed by atoms with Crippen LogP contribution in [0.5, 0.6) is 5.75 Å². The number of hydrogen-bond donors (Lipinski definition) is 2. The predicted molar refractivity (Wildman–Crippen MR) is 111 cm³/mol. The van der Waals surface area contributed by atoms with E-state index in [1.54, 1.807) is 22.9 Å². The third-order valence-electron chi connectivity index (χ3n) is 4.01. The van der Waals surface area contributed by atoms with E-state index in [0.717, 1.165) is 12.8 Å². The Morgan fingerprint density at radius 1 is 1.24 bits per heavy atom. The molecule has 2 rings (SSSR count). The molecule has 1 heterocycles. The van der Waals surface area contributed by atoms with Crippen LogP contribution in [0.1, 0.15) is 25.3 Å². The third kappa shape index (κ3) is 8.11. The van der Waals surface area contributed by atoms with Crippen molar-refractivity contribution in [3.05, 3.63) is 63.5 Å². The smallest absolute Gasteiger partial charge is 0.387 e. The van der Waals surface area contributed by atoms with Gasteiger partial charge in [-0.3, -0.25) is 4.79 Å². The highest BCUT2D eigenvalue weighted by molar-refractivity contribution is 6.30. The molecule has 0 atom stereocenters. The van der Waals surface area contributed by atoms with E-state index >= 15 is 0 Å². The monoisotopic (exact) mass is 426 g/mol. The van der Waals surface area contributed by atoms with Crippen molar-refractivity contribution in [1.29, 1.82) is 0 Å². The minimum atomic E-state index is -2.91. The second-order valence-electron chi connectivity index (χ2n) is 6.19. The normalized spacial score (nSPS) is 11.6. The van der Waals surface area contributed by atoms with Crippen LogP contribution in [-0.2, 0) is 13.1 Å². The Kier molecular flexibility index (Phi) is 9.43. The summed E-state index contributed by atoms with van der Waals surface area (Å²) < 4.78 is 31.3. The lowest BCUT2D eigenvalue weighted by Gasteiger charge is -2.13. The highest BCUT2D eigenvalue weighted by atomic mass is 35.5. The predicted octanol–water partition coefficient (Wildman–Crippen LogP) is 3.64. The van der Waals surface area contributed by atoms with E-state index in [9.17, 15) is 13.6 Å². The van der Waals surface area contributed by atoms with Gasteiger partial charge in [0.2, 0.25) is 5.56 Å². The molecule has 0 saturated heterocycles. The van der Waals surface area contributed by atoms with Crippen LogP contribution in [0.25, 0.3) is 0 Å². The number of nitrogens with one attached hydrogen (secondary N) is 2. The first-order valence-corrected chi connectivity index (χ1v) is 9.78. The van der Waals surface area contributed by atoms with Gasteiger partial charge in [0.1, 0.15) is 5.75 Å². The van der Waals surface area contributed by atoms with E-state index in [-0.39, 0.29) is 17.9 Å². The molecule has 29 heavy (non-hydrogen) atoms. The summed E-state index contributed by atoms with van der Waals surface area (Å²) in [6, 6.07) is 9.55. The zero-order chi connectivity index (χ0) is 21.1. The van der Waals surface area contributed by atoms with E-state index in [1.807, 2.05) is 13.0 Å². The summed E-state index contributed by atoms with van der Waals surface area (Å²) in [5, 5.41) is 6.73. The molecule has 0 radical (unpaired) electrons. The molecular formula is C20H25ClF2N4O2. The SMILES string of the molecule is CCNC(=NCc1cc(Cl)ccc1OC(F)F)NCCCCn1ccccc1=O. The number of aromatic nitrogens is 1. The molecule has 0 bridgehead atoms. The van der Waals surface area contributed by atoms with Crippen LogP contribution < -0.4 is 20.9 Å². The summed E-state index contributed by atoms with van der Waals surface area (Å²) in [5.41, 5.74) is 0.456. The number of halogens is 3. The fraction of sp³-hybridized carbons (Fsp3) is 0.400. The van der Waals surface area contributed by atoms with Gasteiger partial charge in [-0.15, -0.1) is 0 Å². The van der Waals surface area contributed by atoms with E-state index < -0.39 is 6.61 Å². The largest absolute Gasteiger partial charge is 0.434 e. The number of hydrogen-bond acceptors (Lipinski definition) is 3. The lowest BCUT2D eigenvalue weighted by molar-refractivity contribution is -0.0504. The second kappa shape index (κ2) is 12.1. The maximum absolute atomic E-state index is 12.6. The number of nitrogens with zero attached hydrogens (tertiary/aromatic N) is 2. The number of aryl methyl sites for hydroxylation is 1. The number of alkyl halides is 2. The number of aliphatic imine (C=N–C) groups is 1. The van der Waals surface area contributed by atoms with Crippen molar-refractivity contribution >= 4 is 17.6 Å². The Hall–Kier alpha value is -2.61. The molecule has 9 heteroatoms. The Bertz CT molecular complexity index is 858. The Morgan fingerprint density at radius 3 is 2.79 bits per heavy atom. The molecule has 0 saturated carbocycles. The van der Waals surface area contributed by atoms with Crippen LogP contribution >= 0.6 is 11.6 Å². The first-order chi connectivity index (χ1) is 14.0. The molecule has 1 aromatic heterocycles. The lowest BCUT2D eigenvalue weighted by atomic mass is 10.2. The van der Waals surface area contributed by atoms with Gasteiger partial charge in [0, 0.05) is 42.5 Å². The minimum Gasteiger partial charge on any atom is -0.434 e. The summed E-state index contributed by atoms with van der Waals surface area (Å²) in [4.78, 5) is 16.1. The van der Waals surface area contributed by atoms with E-state index in [1.165, 1.54) is 18.2 Å². The van der Waals surface area contributed by atoms with Crippen LogP contribution in [0.3, 0.4) is 0 Å². The van der Waals surface area contributed by atoms with Crippen LogP contribution in [0.15, 0.2) is 52.4 Å². The minimum absolute atomic E-state index is 0.0151. The highest BCUT2D eigenvalue weighted by Gasteiger charge is 2.10. The van der Waals surface area contributed by atoms with Crippen LogP contribution in [0, 0.1) is 0 Å². The van der Waals surface area contributed by atoms with Crippen molar-refractivity contribution in [3.63, 3.8) is 0 Å². The van der Waals surface area contributed by atoms with Crippen molar-refractivity contribution < 1.29 is 13.5 Å². The van der Waals surface area contributed by atoms with E-state index in [0.29, 0.717) is 36.2 Å². The number of ether oxygens (including phenoxy) is 1. The summed E-state index contributed by atoms with van der Waals surface area (Å²) >= 11 is 5.96. The van der Waals surface area contributed by atoms with Gasteiger partial charge in [0.25, 0.3) is 0 Å². The van der Waals surface area contributed by atoms with Crippen molar-refractivity contribution in [2.24, 2.45) is 4.99 Å². The molecular weight excluding hydrogens is 402 g/mol. The second-order valence-corrected chi connectivity index (χ2v) is 6.63. The van der Waals surface area contributed by atoms with Crippen molar-refractivity contribution in [2.45, 2.75) is 39.5 Å². The fourth-order valence-electron chi connectivity index (χ4n) is 2.65. The quantitative estimate of drug-likeness (QED) is 0.346. The number of rotatable bonds is 10. The highest BCUT2D eigenvalue weighted by Crippen LogP contribution is 2.25. The van der Waals surface area contributed by atoms with Gasteiger partial charge in [-0.05, 0) is 44.0 Å². The van der Waals surface area contributed by atoms with Crippen molar-refractivity contribution in [2.75, 3.05) is 13.1 Å². The Morgan fingerprint density at radius 2 is 2.07 bits per heavy atom. The molecule has 0 spiro atoms. The van der Waals surface area contributed by atoms with Crippen molar-refractivity contribution in [3.8, 4) is 5.75 Å². The molecule has 0 aliphatic rings. The molecule has 0 aliphatic carbocycles. The van der Waals surface area contributed by atoms with Gasteiger partial charge in [0.05, 0.1) is 6.54 Å². The Labute approximate surface area is 173 Å². The van der Waals surface area contributed by atoms with Crippen LogP contribution in [0.2, 0.25) is 5.02 Å². The molecule has 0 amide bonds. The van der Waals surface area contributed by atoms with Gasteiger partial charge in [-0.25, -0.2) is 4.99 Å². The van der Waals surface area contributed by atoms with E-state index in [2.05, 4.69) is 20.4 Å². The maximum atomic E-state index is 12.6. The zero-order valence-corrected chi connectivity index (χ0v) is 17.0. The van der Waals surface area contributed by atoms with Gasteiger partial charge in [0.15, 0.2) is 5.96 Å². The lowest BCUT2D eigenvalue weighted by Crippen LogP contribution is -2.37. The maximum Gasteiger partial charge on any atom is 0.387 e. The number of pyridine rings is 1. The summed E-state index contributed by atoms with van der Waals surface area (Å²) in [7, 11) is 0. The average molecular weight is 427 g/mol. The first-order valence-electron chi connectivity index (χ1n) is 9.40. The number of benzene rings is 1. The van der Waals surface area contributed by atoms with Gasteiger partial charge in [-0.1, -0.05) is 17.7 Å². The number of unbranched alkanes of at least 4 members (excludes halogenated alkanes) is 1. The molecule has 0 aliphatic heterocycles. The fourth-order valence-corrected chi connectivity index (χ4v) is 2.84. The summed E-state index contributed by atoms with van der Waals surface area (Å²) in [6.07, 6.45) is 3.44. The molecule has 6 nitrogen and oxygen atoms in total. The summed E-state index contributed by atoms with van der Waals surface area (Å²) in [6.45, 7) is 1.11. The number of guanidine groups is 1. The Balaban J connectivity index is 1.89.